The lowest BCUT2D eigenvalue weighted by Gasteiger charge is -2.22. The Balaban J connectivity index is 2.66. The van der Waals surface area contributed by atoms with Gasteiger partial charge in [0.25, 0.3) is 0 Å². The SMILES string of the molecule is COc1cc(Br)c(C)c(C2(CN)CC2)c1OC. The molecule has 0 unspecified atom stereocenters. The van der Waals surface area contributed by atoms with Crippen LogP contribution in [0, 0.1) is 6.92 Å². The van der Waals surface area contributed by atoms with Gasteiger partial charge in [-0.2, -0.15) is 0 Å². The third-order valence-corrected chi connectivity index (χ3v) is 4.46. The standard InChI is InChI=1S/C13H18BrNO2/c1-8-9(14)6-10(16-2)12(17-3)11(8)13(7-15)4-5-13/h6H,4-5,7,15H2,1-3H3. The van der Waals surface area contributed by atoms with E-state index in [0.29, 0.717) is 6.54 Å². The molecule has 17 heavy (non-hydrogen) atoms. The Morgan fingerprint density at radius 1 is 1.35 bits per heavy atom. The van der Waals surface area contributed by atoms with Gasteiger partial charge in [0.2, 0.25) is 0 Å². The first-order chi connectivity index (χ1) is 8.09. The third-order valence-electron chi connectivity index (χ3n) is 3.64. The fourth-order valence-corrected chi connectivity index (χ4v) is 2.81. The summed E-state index contributed by atoms with van der Waals surface area (Å²) in [7, 11) is 3.34. The largest absolute Gasteiger partial charge is 0.493 e. The summed E-state index contributed by atoms with van der Waals surface area (Å²) < 4.78 is 12.0. The normalized spacial score (nSPS) is 16.8. The predicted octanol–water partition coefficient (Wildman–Crippen LogP) is 2.77. The van der Waals surface area contributed by atoms with Crippen molar-refractivity contribution in [1.82, 2.24) is 0 Å². The molecule has 0 saturated heterocycles. The van der Waals surface area contributed by atoms with E-state index in [2.05, 4.69) is 22.9 Å². The predicted molar refractivity (Wildman–Crippen MR) is 71.9 cm³/mol. The van der Waals surface area contributed by atoms with Gasteiger partial charge in [0, 0.05) is 22.0 Å². The molecular weight excluding hydrogens is 282 g/mol. The number of halogens is 1. The summed E-state index contributed by atoms with van der Waals surface area (Å²) in [6.07, 6.45) is 2.25. The number of ether oxygens (including phenoxy) is 2. The zero-order chi connectivity index (χ0) is 12.6. The summed E-state index contributed by atoms with van der Waals surface area (Å²) in [4.78, 5) is 0. The molecule has 0 heterocycles. The van der Waals surface area contributed by atoms with Crippen molar-refractivity contribution in [2.45, 2.75) is 25.2 Å². The smallest absolute Gasteiger partial charge is 0.164 e. The van der Waals surface area contributed by atoms with Crippen LogP contribution in [0.3, 0.4) is 0 Å². The number of benzene rings is 1. The highest BCUT2D eigenvalue weighted by molar-refractivity contribution is 9.10. The summed E-state index contributed by atoms with van der Waals surface area (Å²) in [5.41, 5.74) is 8.42. The highest BCUT2D eigenvalue weighted by Gasteiger charge is 2.46. The average molecular weight is 300 g/mol. The van der Waals surface area contributed by atoms with Gasteiger partial charge in [0.15, 0.2) is 11.5 Å². The Bertz CT molecular complexity index is 442. The average Bonchev–Trinajstić information content (AvgIpc) is 3.12. The molecule has 0 radical (unpaired) electrons. The first kappa shape index (κ1) is 12.7. The molecule has 1 aliphatic carbocycles. The molecule has 0 spiro atoms. The highest BCUT2D eigenvalue weighted by atomic mass is 79.9. The van der Waals surface area contributed by atoms with Crippen molar-refractivity contribution < 1.29 is 9.47 Å². The minimum Gasteiger partial charge on any atom is -0.493 e. The fourth-order valence-electron chi connectivity index (χ4n) is 2.40. The first-order valence-electron chi connectivity index (χ1n) is 5.71. The van der Waals surface area contributed by atoms with E-state index in [1.54, 1.807) is 14.2 Å². The van der Waals surface area contributed by atoms with Crippen molar-refractivity contribution in [2.75, 3.05) is 20.8 Å². The van der Waals surface area contributed by atoms with Crippen molar-refractivity contribution in [3.8, 4) is 11.5 Å². The van der Waals surface area contributed by atoms with E-state index in [1.165, 1.54) is 11.1 Å². The summed E-state index contributed by atoms with van der Waals surface area (Å²) in [5.74, 6) is 1.59. The second kappa shape index (κ2) is 4.50. The minimum absolute atomic E-state index is 0.0898. The molecule has 1 aromatic carbocycles. The number of methoxy groups -OCH3 is 2. The molecule has 1 aromatic rings. The van der Waals surface area contributed by atoms with Gasteiger partial charge >= 0.3 is 0 Å². The lowest BCUT2D eigenvalue weighted by Crippen LogP contribution is -2.22. The Kier molecular flexibility index (Phi) is 3.36. The van der Waals surface area contributed by atoms with Crippen LogP contribution in [0.1, 0.15) is 24.0 Å². The number of rotatable bonds is 4. The molecule has 0 amide bonds. The van der Waals surface area contributed by atoms with Crippen LogP contribution in [-0.2, 0) is 5.41 Å². The van der Waals surface area contributed by atoms with Crippen LogP contribution in [0.4, 0.5) is 0 Å². The molecule has 1 fully saturated rings. The monoisotopic (exact) mass is 299 g/mol. The second-order valence-electron chi connectivity index (χ2n) is 4.58. The Morgan fingerprint density at radius 2 is 2.00 bits per heavy atom. The van der Waals surface area contributed by atoms with Crippen LogP contribution in [0.15, 0.2) is 10.5 Å². The zero-order valence-electron chi connectivity index (χ0n) is 10.5. The maximum absolute atomic E-state index is 5.92. The van der Waals surface area contributed by atoms with E-state index in [1.807, 2.05) is 6.07 Å². The Labute approximate surface area is 110 Å². The van der Waals surface area contributed by atoms with Crippen LogP contribution in [0.2, 0.25) is 0 Å². The quantitative estimate of drug-likeness (QED) is 0.930. The van der Waals surface area contributed by atoms with Gasteiger partial charge in [-0.1, -0.05) is 15.9 Å². The van der Waals surface area contributed by atoms with Gasteiger partial charge in [-0.25, -0.2) is 0 Å². The summed E-state index contributed by atoms with van der Waals surface area (Å²) in [5, 5.41) is 0. The highest BCUT2D eigenvalue weighted by Crippen LogP contribution is 2.55. The fraction of sp³-hybridized carbons (Fsp3) is 0.538. The van der Waals surface area contributed by atoms with Gasteiger partial charge in [-0.3, -0.25) is 0 Å². The Hall–Kier alpha value is -0.740. The van der Waals surface area contributed by atoms with Crippen molar-refractivity contribution >= 4 is 15.9 Å². The molecular formula is C13H18BrNO2. The third kappa shape index (κ3) is 1.93. The van der Waals surface area contributed by atoms with Crippen LogP contribution < -0.4 is 15.2 Å². The molecule has 94 valence electrons. The lowest BCUT2D eigenvalue weighted by molar-refractivity contribution is 0.347. The van der Waals surface area contributed by atoms with Gasteiger partial charge in [0.1, 0.15) is 0 Å². The van der Waals surface area contributed by atoms with Gasteiger partial charge in [0.05, 0.1) is 14.2 Å². The van der Waals surface area contributed by atoms with E-state index in [4.69, 9.17) is 15.2 Å². The molecule has 0 aromatic heterocycles. The van der Waals surface area contributed by atoms with Crippen molar-refractivity contribution in [3.05, 3.63) is 21.7 Å². The van der Waals surface area contributed by atoms with Gasteiger partial charge < -0.3 is 15.2 Å². The molecule has 0 aliphatic heterocycles. The lowest BCUT2D eigenvalue weighted by atomic mass is 9.90. The van der Waals surface area contributed by atoms with E-state index in [9.17, 15) is 0 Å². The van der Waals surface area contributed by atoms with Crippen molar-refractivity contribution in [3.63, 3.8) is 0 Å². The minimum atomic E-state index is 0.0898. The topological polar surface area (TPSA) is 44.5 Å². The van der Waals surface area contributed by atoms with Crippen LogP contribution in [-0.4, -0.2) is 20.8 Å². The number of hydrogen-bond donors (Lipinski definition) is 1. The van der Waals surface area contributed by atoms with Crippen molar-refractivity contribution in [1.29, 1.82) is 0 Å². The summed E-state index contributed by atoms with van der Waals surface area (Å²) in [6, 6.07) is 1.95. The maximum Gasteiger partial charge on any atom is 0.164 e. The zero-order valence-corrected chi connectivity index (χ0v) is 12.1. The summed E-state index contributed by atoms with van der Waals surface area (Å²) >= 11 is 3.57. The molecule has 3 nitrogen and oxygen atoms in total. The molecule has 1 aliphatic rings. The molecule has 2 rings (SSSR count). The second-order valence-corrected chi connectivity index (χ2v) is 5.43. The molecule has 2 N–H and O–H groups in total. The molecule has 4 heteroatoms. The number of nitrogens with two attached hydrogens (primary N) is 1. The number of hydrogen-bond acceptors (Lipinski definition) is 3. The molecule has 1 saturated carbocycles. The van der Waals surface area contributed by atoms with E-state index in [0.717, 1.165) is 28.8 Å². The van der Waals surface area contributed by atoms with E-state index < -0.39 is 0 Å². The summed E-state index contributed by atoms with van der Waals surface area (Å²) in [6.45, 7) is 2.75. The molecule has 0 bridgehead atoms. The van der Waals surface area contributed by atoms with Crippen LogP contribution in [0.25, 0.3) is 0 Å². The van der Waals surface area contributed by atoms with Gasteiger partial charge in [-0.15, -0.1) is 0 Å². The Morgan fingerprint density at radius 3 is 2.41 bits per heavy atom. The van der Waals surface area contributed by atoms with E-state index >= 15 is 0 Å². The maximum atomic E-state index is 5.92. The van der Waals surface area contributed by atoms with Crippen molar-refractivity contribution in [2.24, 2.45) is 5.73 Å². The van der Waals surface area contributed by atoms with Gasteiger partial charge in [-0.05, 0) is 31.4 Å². The van der Waals surface area contributed by atoms with Crippen LogP contribution in [0.5, 0.6) is 11.5 Å². The van der Waals surface area contributed by atoms with E-state index in [-0.39, 0.29) is 5.41 Å². The molecule has 0 atom stereocenters. The van der Waals surface area contributed by atoms with Crippen LogP contribution >= 0.6 is 15.9 Å². The first-order valence-corrected chi connectivity index (χ1v) is 6.50.